The average Bonchev–Trinajstić information content (AvgIpc) is 2.81. The van der Waals surface area contributed by atoms with Gasteiger partial charge in [0.2, 0.25) is 0 Å². The molecule has 2 atom stereocenters. The first kappa shape index (κ1) is 22.1. The van der Waals surface area contributed by atoms with Crippen molar-refractivity contribution in [3.63, 3.8) is 0 Å². The van der Waals surface area contributed by atoms with E-state index < -0.39 is 12.1 Å². The molecule has 1 aliphatic heterocycles. The standard InChI is InChI=1S/C23H27ClN2O4/c1-15(27)30-22-20(16-5-8-19(29-4)9-6-16)14-17-13-18(24)7-10-21(17)26(23(22)28)12-11-25(2)3/h5-10,13,20,22H,11-12,14H2,1-4H3/t20-,22+/m1/s1. The first-order chi connectivity index (χ1) is 14.3. The van der Waals surface area contributed by atoms with E-state index in [9.17, 15) is 9.59 Å². The summed E-state index contributed by atoms with van der Waals surface area (Å²) in [6, 6.07) is 13.0. The van der Waals surface area contributed by atoms with Crippen molar-refractivity contribution in [2.75, 3.05) is 39.2 Å². The van der Waals surface area contributed by atoms with E-state index in [4.69, 9.17) is 21.1 Å². The van der Waals surface area contributed by atoms with Gasteiger partial charge in [0.1, 0.15) is 5.75 Å². The fraction of sp³-hybridized carbons (Fsp3) is 0.391. The van der Waals surface area contributed by atoms with Gasteiger partial charge in [-0.3, -0.25) is 9.59 Å². The second kappa shape index (κ2) is 9.49. The summed E-state index contributed by atoms with van der Waals surface area (Å²) in [4.78, 5) is 29.2. The Morgan fingerprint density at radius 3 is 2.50 bits per heavy atom. The van der Waals surface area contributed by atoms with Crippen molar-refractivity contribution in [3.05, 3.63) is 58.6 Å². The molecule has 0 N–H and O–H groups in total. The van der Waals surface area contributed by atoms with Crippen LogP contribution in [0.5, 0.6) is 5.75 Å². The summed E-state index contributed by atoms with van der Waals surface area (Å²) in [6.07, 6.45) is -0.408. The van der Waals surface area contributed by atoms with E-state index in [2.05, 4.69) is 0 Å². The van der Waals surface area contributed by atoms with Crippen LogP contribution in [0.3, 0.4) is 0 Å². The van der Waals surface area contributed by atoms with Crippen LogP contribution in [-0.4, -0.2) is 57.2 Å². The number of benzene rings is 2. The summed E-state index contributed by atoms with van der Waals surface area (Å²) in [5.41, 5.74) is 2.65. The van der Waals surface area contributed by atoms with Crippen LogP contribution in [0.4, 0.5) is 5.69 Å². The Kier molecular flexibility index (Phi) is 7.00. The number of hydrogen-bond acceptors (Lipinski definition) is 5. The molecule has 0 aromatic heterocycles. The number of hydrogen-bond donors (Lipinski definition) is 0. The molecule has 6 nitrogen and oxygen atoms in total. The van der Waals surface area contributed by atoms with Crippen LogP contribution in [-0.2, 0) is 20.7 Å². The van der Waals surface area contributed by atoms with Gasteiger partial charge in [0.15, 0.2) is 6.10 Å². The maximum absolute atomic E-state index is 13.6. The highest BCUT2D eigenvalue weighted by atomic mass is 35.5. The largest absolute Gasteiger partial charge is 0.497 e. The van der Waals surface area contributed by atoms with Gasteiger partial charge in [-0.25, -0.2) is 0 Å². The third kappa shape index (κ3) is 4.94. The van der Waals surface area contributed by atoms with Crippen LogP contribution in [0.1, 0.15) is 24.0 Å². The number of amides is 1. The molecule has 0 fully saturated rings. The monoisotopic (exact) mass is 430 g/mol. The van der Waals surface area contributed by atoms with Gasteiger partial charge in [-0.15, -0.1) is 0 Å². The summed E-state index contributed by atoms with van der Waals surface area (Å²) in [7, 11) is 5.51. The molecule has 1 amide bonds. The molecule has 0 bridgehead atoms. The van der Waals surface area contributed by atoms with Crippen molar-refractivity contribution >= 4 is 29.2 Å². The van der Waals surface area contributed by atoms with Crippen LogP contribution >= 0.6 is 11.6 Å². The first-order valence-electron chi connectivity index (χ1n) is 9.86. The predicted octanol–water partition coefficient (Wildman–Crippen LogP) is 3.51. The average molecular weight is 431 g/mol. The summed E-state index contributed by atoms with van der Waals surface area (Å²) in [5.74, 6) is -0.329. The van der Waals surface area contributed by atoms with Crippen molar-refractivity contribution in [3.8, 4) is 5.75 Å². The Bertz CT molecular complexity index is 914. The zero-order valence-electron chi connectivity index (χ0n) is 17.7. The van der Waals surface area contributed by atoms with Crippen LogP contribution < -0.4 is 9.64 Å². The lowest BCUT2D eigenvalue weighted by Gasteiger charge is -2.29. The van der Waals surface area contributed by atoms with Gasteiger partial charge in [0, 0.05) is 36.6 Å². The van der Waals surface area contributed by atoms with E-state index in [0.29, 0.717) is 24.5 Å². The van der Waals surface area contributed by atoms with Crippen molar-refractivity contribution < 1.29 is 19.1 Å². The number of methoxy groups -OCH3 is 1. The van der Waals surface area contributed by atoms with Crippen LogP contribution in [0.15, 0.2) is 42.5 Å². The highest BCUT2D eigenvalue weighted by Gasteiger charge is 2.40. The highest BCUT2D eigenvalue weighted by molar-refractivity contribution is 6.30. The summed E-state index contributed by atoms with van der Waals surface area (Å²) >= 11 is 6.28. The molecule has 1 heterocycles. The molecule has 0 radical (unpaired) electrons. The molecule has 0 saturated carbocycles. The van der Waals surface area contributed by atoms with Gasteiger partial charge in [-0.2, -0.15) is 0 Å². The first-order valence-corrected chi connectivity index (χ1v) is 10.2. The summed E-state index contributed by atoms with van der Waals surface area (Å²) in [6.45, 7) is 2.48. The highest BCUT2D eigenvalue weighted by Crippen LogP contribution is 2.38. The number of ether oxygens (including phenoxy) is 2. The van der Waals surface area contributed by atoms with E-state index in [1.807, 2.05) is 55.4 Å². The molecule has 1 aliphatic rings. The molecular weight excluding hydrogens is 404 g/mol. The van der Waals surface area contributed by atoms with Gasteiger partial charge in [0.05, 0.1) is 7.11 Å². The molecule has 0 aliphatic carbocycles. The third-order valence-electron chi connectivity index (χ3n) is 5.25. The minimum atomic E-state index is -0.927. The molecule has 2 aromatic carbocycles. The Morgan fingerprint density at radius 2 is 1.90 bits per heavy atom. The SMILES string of the molecule is COc1ccc([C@H]2Cc3cc(Cl)ccc3N(CCN(C)C)C(=O)[C@H]2OC(C)=O)cc1. The lowest BCUT2D eigenvalue weighted by atomic mass is 9.87. The maximum Gasteiger partial charge on any atom is 0.303 e. The van der Waals surface area contributed by atoms with Crippen LogP contribution in [0.2, 0.25) is 5.02 Å². The minimum Gasteiger partial charge on any atom is -0.497 e. The maximum atomic E-state index is 13.6. The van der Waals surface area contributed by atoms with E-state index >= 15 is 0 Å². The smallest absolute Gasteiger partial charge is 0.303 e. The van der Waals surface area contributed by atoms with Gasteiger partial charge >= 0.3 is 5.97 Å². The number of carbonyl (C=O) groups is 2. The Balaban J connectivity index is 2.09. The zero-order chi connectivity index (χ0) is 21.8. The number of likely N-dealkylation sites (N-methyl/N-ethyl adjacent to an activating group) is 1. The second-order valence-corrected chi connectivity index (χ2v) is 8.12. The molecule has 2 aromatic rings. The summed E-state index contributed by atoms with van der Waals surface area (Å²) in [5, 5.41) is 0.605. The molecule has 3 rings (SSSR count). The third-order valence-corrected chi connectivity index (χ3v) is 5.49. The number of carbonyl (C=O) groups excluding carboxylic acids is 2. The lowest BCUT2D eigenvalue weighted by Crippen LogP contribution is -2.45. The fourth-order valence-corrected chi connectivity index (χ4v) is 3.95. The summed E-state index contributed by atoms with van der Waals surface area (Å²) < 4.78 is 10.9. The number of nitrogens with zero attached hydrogens (tertiary/aromatic N) is 2. The van der Waals surface area contributed by atoms with Gasteiger partial charge < -0.3 is 19.3 Å². The van der Waals surface area contributed by atoms with E-state index in [-0.39, 0.29) is 11.8 Å². The van der Waals surface area contributed by atoms with Gasteiger partial charge in [0.25, 0.3) is 5.91 Å². The molecule has 0 spiro atoms. The van der Waals surface area contributed by atoms with Gasteiger partial charge in [-0.05, 0) is 62.0 Å². The number of anilines is 1. The van der Waals surface area contributed by atoms with Crippen molar-refractivity contribution in [2.24, 2.45) is 0 Å². The van der Waals surface area contributed by atoms with E-state index in [1.54, 1.807) is 18.1 Å². The molecular formula is C23H27ClN2O4. The lowest BCUT2D eigenvalue weighted by molar-refractivity contribution is -0.154. The molecule has 160 valence electrons. The minimum absolute atomic E-state index is 0.228. The van der Waals surface area contributed by atoms with Crippen molar-refractivity contribution in [2.45, 2.75) is 25.4 Å². The molecule has 7 heteroatoms. The Hall–Kier alpha value is -2.57. The zero-order valence-corrected chi connectivity index (χ0v) is 18.5. The number of rotatable bonds is 6. The van der Waals surface area contributed by atoms with E-state index in [1.165, 1.54) is 6.92 Å². The molecule has 30 heavy (non-hydrogen) atoms. The quantitative estimate of drug-likeness (QED) is 0.656. The van der Waals surface area contributed by atoms with Crippen LogP contribution in [0.25, 0.3) is 0 Å². The second-order valence-electron chi connectivity index (χ2n) is 7.68. The predicted molar refractivity (Wildman–Crippen MR) is 117 cm³/mol. The number of halogens is 1. The van der Waals surface area contributed by atoms with E-state index in [0.717, 1.165) is 22.6 Å². The van der Waals surface area contributed by atoms with Gasteiger partial charge in [-0.1, -0.05) is 23.7 Å². The normalized spacial score (nSPS) is 18.7. The Labute approximate surface area is 182 Å². The van der Waals surface area contributed by atoms with Crippen LogP contribution in [0, 0.1) is 0 Å². The number of esters is 1. The Morgan fingerprint density at radius 1 is 1.20 bits per heavy atom. The molecule has 0 unspecified atom stereocenters. The fourth-order valence-electron chi connectivity index (χ4n) is 3.76. The number of fused-ring (bicyclic) bond motifs is 1. The van der Waals surface area contributed by atoms with Crippen molar-refractivity contribution in [1.29, 1.82) is 0 Å². The topological polar surface area (TPSA) is 59.1 Å². The van der Waals surface area contributed by atoms with Crippen molar-refractivity contribution in [1.82, 2.24) is 4.90 Å². The molecule has 0 saturated heterocycles.